The Morgan fingerprint density at radius 1 is 0.288 bits per heavy atom. The van der Waals surface area contributed by atoms with Crippen molar-refractivity contribution in [2.75, 3.05) is 0 Å². The number of rotatable bonds is 7. The van der Waals surface area contributed by atoms with Crippen LogP contribution < -0.4 is 0 Å². The summed E-state index contributed by atoms with van der Waals surface area (Å²) in [5.74, 6) is 1.89. The smallest absolute Gasteiger partial charge is 0.164 e. The third-order valence-electron chi connectivity index (χ3n) is 11.1. The lowest BCUT2D eigenvalue weighted by atomic mass is 9.95. The molecule has 0 aliphatic carbocycles. The molecule has 0 bridgehead atoms. The van der Waals surface area contributed by atoms with Gasteiger partial charge in [-0.25, -0.2) is 15.0 Å². The van der Waals surface area contributed by atoms with Crippen LogP contribution in [0.4, 0.5) is 0 Å². The molecule has 4 heteroatoms. The molecule has 0 spiro atoms. The molecule has 0 saturated heterocycles. The highest BCUT2D eigenvalue weighted by Crippen LogP contribution is 2.40. The fourth-order valence-electron chi connectivity index (χ4n) is 8.17. The minimum Gasteiger partial charge on any atom is -0.455 e. The second kappa shape index (κ2) is 14.5. The van der Waals surface area contributed by atoms with Crippen LogP contribution in [0.5, 0.6) is 0 Å². The molecule has 0 aliphatic heterocycles. The zero-order chi connectivity index (χ0) is 39.1. The van der Waals surface area contributed by atoms with Crippen LogP contribution in [0.25, 0.3) is 111 Å². The van der Waals surface area contributed by atoms with Gasteiger partial charge in [-0.2, -0.15) is 0 Å². The number of hydrogen-bond donors (Lipinski definition) is 0. The van der Waals surface area contributed by atoms with Crippen molar-refractivity contribution < 1.29 is 4.42 Å². The maximum absolute atomic E-state index is 6.59. The Kier molecular flexibility index (Phi) is 8.45. The van der Waals surface area contributed by atoms with E-state index in [-0.39, 0.29) is 0 Å². The summed E-state index contributed by atoms with van der Waals surface area (Å²) in [6.45, 7) is 0. The van der Waals surface area contributed by atoms with Crippen molar-refractivity contribution in [1.82, 2.24) is 15.0 Å². The van der Waals surface area contributed by atoms with Crippen molar-refractivity contribution in [2.24, 2.45) is 0 Å². The summed E-state index contributed by atoms with van der Waals surface area (Å²) in [5, 5.41) is 4.70. The summed E-state index contributed by atoms with van der Waals surface area (Å²) in [6, 6.07) is 74.1. The molecule has 11 aromatic rings. The summed E-state index contributed by atoms with van der Waals surface area (Å²) in [5.41, 5.74) is 13.5. The van der Waals surface area contributed by atoms with Gasteiger partial charge in [0, 0.05) is 33.0 Å². The van der Waals surface area contributed by atoms with Gasteiger partial charge in [0.25, 0.3) is 0 Å². The number of hydrogen-bond acceptors (Lipinski definition) is 4. The Bertz CT molecular complexity index is 3320. The van der Waals surface area contributed by atoms with Gasteiger partial charge in [0.1, 0.15) is 11.2 Å². The summed E-state index contributed by atoms with van der Waals surface area (Å²) in [6.07, 6.45) is 0. The molecule has 276 valence electrons. The highest BCUT2D eigenvalue weighted by molar-refractivity contribution is 6.20. The van der Waals surface area contributed by atoms with E-state index in [1.54, 1.807) is 0 Å². The van der Waals surface area contributed by atoms with Gasteiger partial charge in [0.2, 0.25) is 0 Å². The molecule has 0 radical (unpaired) electrons. The van der Waals surface area contributed by atoms with Gasteiger partial charge in [-0.05, 0) is 74.0 Å². The van der Waals surface area contributed by atoms with E-state index in [0.717, 1.165) is 77.6 Å². The summed E-state index contributed by atoms with van der Waals surface area (Å²) in [7, 11) is 0. The van der Waals surface area contributed by atoms with Crippen LogP contribution in [0.15, 0.2) is 217 Å². The fraction of sp³-hybridized carbons (Fsp3) is 0. The maximum Gasteiger partial charge on any atom is 0.164 e. The fourth-order valence-corrected chi connectivity index (χ4v) is 8.17. The predicted octanol–water partition coefficient (Wildman–Crippen LogP) is 14.6. The largest absolute Gasteiger partial charge is 0.455 e. The Balaban J connectivity index is 0.948. The van der Waals surface area contributed by atoms with Crippen molar-refractivity contribution in [1.29, 1.82) is 0 Å². The SMILES string of the molecule is c1ccc(-c2ccc(-c3nc(-c4ccccc4)nc(-c4cccc(-c5cccc(-c6cccc(-c7cccc8c7oc7ccc9ccccc9c78)c6)c5)c4)n3)cc2)cc1. The molecule has 0 amide bonds. The van der Waals surface area contributed by atoms with Crippen LogP contribution in [-0.2, 0) is 0 Å². The lowest BCUT2D eigenvalue weighted by molar-refractivity contribution is 0.670. The van der Waals surface area contributed by atoms with E-state index < -0.39 is 0 Å². The number of nitrogens with zero attached hydrogens (tertiary/aromatic N) is 3. The summed E-state index contributed by atoms with van der Waals surface area (Å²) < 4.78 is 6.59. The summed E-state index contributed by atoms with van der Waals surface area (Å²) in [4.78, 5) is 15.1. The average molecular weight is 754 g/mol. The van der Waals surface area contributed by atoms with Gasteiger partial charge in [-0.3, -0.25) is 0 Å². The molecule has 11 rings (SSSR count). The zero-order valence-corrected chi connectivity index (χ0v) is 32.0. The molecule has 0 fully saturated rings. The van der Waals surface area contributed by atoms with Crippen LogP contribution in [-0.4, -0.2) is 15.0 Å². The van der Waals surface area contributed by atoms with E-state index in [2.05, 4.69) is 176 Å². The van der Waals surface area contributed by atoms with Crippen LogP contribution in [0.2, 0.25) is 0 Å². The minimum absolute atomic E-state index is 0.624. The van der Waals surface area contributed by atoms with E-state index >= 15 is 0 Å². The monoisotopic (exact) mass is 753 g/mol. The van der Waals surface area contributed by atoms with Crippen molar-refractivity contribution in [3.05, 3.63) is 212 Å². The van der Waals surface area contributed by atoms with Gasteiger partial charge in [0.15, 0.2) is 17.5 Å². The number of benzene rings is 9. The molecular weight excluding hydrogens is 719 g/mol. The molecular formula is C55H35N3O. The maximum atomic E-state index is 6.59. The first-order valence-corrected chi connectivity index (χ1v) is 19.8. The van der Waals surface area contributed by atoms with Crippen molar-refractivity contribution in [2.45, 2.75) is 0 Å². The predicted molar refractivity (Wildman–Crippen MR) is 243 cm³/mol. The molecule has 0 unspecified atom stereocenters. The number of para-hydroxylation sites is 1. The van der Waals surface area contributed by atoms with E-state index in [9.17, 15) is 0 Å². The van der Waals surface area contributed by atoms with Crippen LogP contribution in [0.1, 0.15) is 0 Å². The number of furan rings is 1. The molecule has 0 saturated carbocycles. The van der Waals surface area contributed by atoms with Gasteiger partial charge < -0.3 is 4.42 Å². The van der Waals surface area contributed by atoms with Gasteiger partial charge >= 0.3 is 0 Å². The lowest BCUT2D eigenvalue weighted by Crippen LogP contribution is -2.00. The van der Waals surface area contributed by atoms with Crippen molar-refractivity contribution >= 4 is 32.7 Å². The van der Waals surface area contributed by atoms with E-state index in [1.165, 1.54) is 16.3 Å². The quantitative estimate of drug-likeness (QED) is 0.163. The van der Waals surface area contributed by atoms with Gasteiger partial charge in [-0.1, -0.05) is 188 Å². The van der Waals surface area contributed by atoms with E-state index in [4.69, 9.17) is 19.4 Å². The van der Waals surface area contributed by atoms with Crippen molar-refractivity contribution in [3.63, 3.8) is 0 Å². The number of fused-ring (bicyclic) bond motifs is 5. The first-order chi connectivity index (χ1) is 29.2. The van der Waals surface area contributed by atoms with E-state index in [1.807, 2.05) is 36.4 Å². The van der Waals surface area contributed by atoms with Gasteiger partial charge in [0.05, 0.1) is 0 Å². The Labute approximate surface area is 341 Å². The third kappa shape index (κ3) is 6.43. The Morgan fingerprint density at radius 2 is 0.729 bits per heavy atom. The third-order valence-corrected chi connectivity index (χ3v) is 11.1. The standard InChI is InChI=1S/C55H35N3O/c1-3-13-36(14-4-1)37-27-29-40(30-28-37)54-56-53(39-16-5-2-6-17-39)57-55(58-54)46-23-11-21-44(35-46)42-19-9-18-41(33-42)43-20-10-22-45(34-43)48-25-12-26-49-51-47-24-8-7-15-38(47)31-32-50(51)59-52(48)49/h1-35H. The second-order valence-electron chi connectivity index (χ2n) is 14.8. The molecule has 9 aromatic carbocycles. The van der Waals surface area contributed by atoms with Crippen LogP contribution >= 0.6 is 0 Å². The number of aromatic nitrogens is 3. The molecule has 59 heavy (non-hydrogen) atoms. The van der Waals surface area contributed by atoms with Crippen LogP contribution in [0.3, 0.4) is 0 Å². The highest BCUT2D eigenvalue weighted by Gasteiger charge is 2.16. The normalized spacial score (nSPS) is 11.4. The lowest BCUT2D eigenvalue weighted by Gasteiger charge is -2.11. The molecule has 2 aromatic heterocycles. The Morgan fingerprint density at radius 3 is 1.41 bits per heavy atom. The second-order valence-corrected chi connectivity index (χ2v) is 14.8. The first-order valence-electron chi connectivity index (χ1n) is 19.8. The van der Waals surface area contributed by atoms with Gasteiger partial charge in [-0.15, -0.1) is 0 Å². The zero-order valence-electron chi connectivity index (χ0n) is 32.0. The average Bonchev–Trinajstić information content (AvgIpc) is 3.72. The highest BCUT2D eigenvalue weighted by atomic mass is 16.3. The Hall–Kier alpha value is -7.95. The summed E-state index contributed by atoms with van der Waals surface area (Å²) >= 11 is 0. The minimum atomic E-state index is 0.624. The molecule has 0 atom stereocenters. The topological polar surface area (TPSA) is 51.8 Å². The molecule has 0 aliphatic rings. The van der Waals surface area contributed by atoms with Crippen LogP contribution in [0, 0.1) is 0 Å². The molecule has 4 nitrogen and oxygen atoms in total. The molecule has 2 heterocycles. The van der Waals surface area contributed by atoms with E-state index in [0.29, 0.717) is 17.5 Å². The van der Waals surface area contributed by atoms with Crippen molar-refractivity contribution in [3.8, 4) is 78.7 Å². The molecule has 0 N–H and O–H groups in total. The first kappa shape index (κ1) is 34.3.